The number of benzene rings is 2. The zero-order chi connectivity index (χ0) is 27.0. The van der Waals surface area contributed by atoms with E-state index in [-0.39, 0.29) is 28.3 Å². The second-order valence-electron chi connectivity index (χ2n) is 8.11. The van der Waals surface area contributed by atoms with Gasteiger partial charge in [0.25, 0.3) is 10.0 Å². The van der Waals surface area contributed by atoms with Crippen LogP contribution in [0.4, 0.5) is 24.8 Å². The molecule has 4 N–H and O–H groups in total. The van der Waals surface area contributed by atoms with E-state index in [1.165, 1.54) is 23.6 Å². The number of rotatable bonds is 6. The van der Waals surface area contributed by atoms with E-state index in [2.05, 4.69) is 20.3 Å². The Hall–Kier alpha value is -3.30. The van der Waals surface area contributed by atoms with Gasteiger partial charge in [0, 0.05) is 23.3 Å². The summed E-state index contributed by atoms with van der Waals surface area (Å²) < 4.78 is 76.9. The number of hydrogen-bond acceptors (Lipinski definition) is 9. The molecule has 2 aromatic heterocycles. The van der Waals surface area contributed by atoms with Crippen LogP contribution in [0.3, 0.4) is 0 Å². The first kappa shape index (κ1) is 26.3. The van der Waals surface area contributed by atoms with Crippen molar-refractivity contribution < 1.29 is 26.3 Å². The number of nitrogens with one attached hydrogen (secondary N) is 2. The number of aromatic nitrogens is 3. The van der Waals surface area contributed by atoms with Crippen LogP contribution in [0.1, 0.15) is 11.0 Å². The van der Waals surface area contributed by atoms with Gasteiger partial charge in [-0.05, 0) is 36.4 Å². The average Bonchev–Trinajstić information content (AvgIpc) is 3.33. The Bertz CT molecular complexity index is 1630. The normalized spacial score (nSPS) is 15.9. The summed E-state index contributed by atoms with van der Waals surface area (Å²) in [5, 5.41) is 3.80. The third-order valence-corrected chi connectivity index (χ3v) is 8.28. The molecule has 5 rings (SSSR count). The second kappa shape index (κ2) is 10.5. The van der Waals surface area contributed by atoms with Crippen molar-refractivity contribution in [3.05, 3.63) is 70.1 Å². The molecule has 198 valence electrons. The molecule has 4 aromatic rings. The van der Waals surface area contributed by atoms with Gasteiger partial charge in [-0.3, -0.25) is 4.72 Å². The maximum Gasteiger partial charge on any atom is 0.265 e. The molecular weight excluding hydrogens is 565 g/mol. The van der Waals surface area contributed by atoms with Crippen molar-refractivity contribution in [1.29, 1.82) is 0 Å². The van der Waals surface area contributed by atoms with Crippen LogP contribution in [0.15, 0.2) is 47.5 Å². The van der Waals surface area contributed by atoms with Crippen LogP contribution in [-0.2, 0) is 14.8 Å². The number of nitrogens with two attached hydrogens (primary N) is 1. The number of thiazole rings is 1. The number of ether oxygens (including phenoxy) is 1. The lowest BCUT2D eigenvalue weighted by atomic mass is 10.1. The van der Waals surface area contributed by atoms with Crippen LogP contribution in [0.25, 0.3) is 21.8 Å². The Morgan fingerprint density at radius 3 is 2.71 bits per heavy atom. The van der Waals surface area contributed by atoms with Gasteiger partial charge in [-0.2, -0.15) is 0 Å². The Morgan fingerprint density at radius 1 is 1.16 bits per heavy atom. The van der Waals surface area contributed by atoms with Crippen LogP contribution < -0.4 is 15.8 Å². The highest BCUT2D eigenvalue weighted by Gasteiger charge is 2.28. The van der Waals surface area contributed by atoms with Crippen molar-refractivity contribution in [1.82, 2.24) is 20.3 Å². The summed E-state index contributed by atoms with van der Waals surface area (Å²) in [6.45, 7) is 1.45. The number of nitrogen functional groups attached to an aromatic ring is 1. The molecule has 1 atom stereocenters. The van der Waals surface area contributed by atoms with Gasteiger partial charge >= 0.3 is 0 Å². The zero-order valence-electron chi connectivity index (χ0n) is 19.2. The molecule has 9 nitrogen and oxygen atoms in total. The van der Waals surface area contributed by atoms with E-state index in [1.54, 1.807) is 6.07 Å². The quantitative estimate of drug-likeness (QED) is 0.305. The van der Waals surface area contributed by atoms with Crippen LogP contribution in [0, 0.1) is 17.5 Å². The van der Waals surface area contributed by atoms with Gasteiger partial charge in [-0.1, -0.05) is 11.6 Å². The smallest absolute Gasteiger partial charge is 0.265 e. The monoisotopic (exact) mass is 582 g/mol. The number of sulfonamides is 1. The summed E-state index contributed by atoms with van der Waals surface area (Å²) in [6, 6.07) is 5.49. The summed E-state index contributed by atoms with van der Waals surface area (Å²) in [7, 11) is -4.73. The molecule has 2 aromatic carbocycles. The Morgan fingerprint density at radius 2 is 1.97 bits per heavy atom. The third kappa shape index (κ3) is 5.31. The lowest BCUT2D eigenvalue weighted by molar-refractivity contribution is 0.0768. The van der Waals surface area contributed by atoms with E-state index in [0.29, 0.717) is 47.5 Å². The summed E-state index contributed by atoms with van der Waals surface area (Å²) in [6.07, 6.45) is 1.43. The molecular formula is C23H18ClF3N6O3S2. The van der Waals surface area contributed by atoms with Crippen molar-refractivity contribution in [2.24, 2.45) is 0 Å². The molecule has 1 unspecified atom stereocenters. The Kier molecular flexibility index (Phi) is 7.24. The molecule has 1 aliphatic rings. The Labute approximate surface area is 223 Å². The van der Waals surface area contributed by atoms with E-state index < -0.39 is 38.1 Å². The summed E-state index contributed by atoms with van der Waals surface area (Å²) in [4.78, 5) is 12.2. The van der Waals surface area contributed by atoms with Gasteiger partial charge in [0.15, 0.2) is 5.82 Å². The summed E-state index contributed by atoms with van der Waals surface area (Å²) in [5.41, 5.74) is 5.50. The van der Waals surface area contributed by atoms with Crippen LogP contribution in [0.2, 0.25) is 5.02 Å². The highest BCUT2D eigenvalue weighted by Crippen LogP contribution is 2.42. The highest BCUT2D eigenvalue weighted by atomic mass is 35.5. The third-order valence-electron chi connectivity index (χ3n) is 5.49. The van der Waals surface area contributed by atoms with Crippen LogP contribution in [0.5, 0.6) is 0 Å². The van der Waals surface area contributed by atoms with Crippen LogP contribution >= 0.6 is 22.9 Å². The maximum absolute atomic E-state index is 15.9. The van der Waals surface area contributed by atoms with Gasteiger partial charge in [-0.25, -0.2) is 36.5 Å². The standard InChI is InChI=1S/C23H18ClF3N6O3S2/c24-11-7-13(19(27)16(8-11)33-38(34,35)18-9-12(25)1-2-14(18)26)20-21(15-3-4-30-23(28)31-15)37-22(32-20)17-10-36-6-5-29-17/h1-4,7-9,17,29,33H,5-6,10H2,(H2,28,30,31). The molecule has 3 heterocycles. The van der Waals surface area contributed by atoms with Gasteiger partial charge in [0.2, 0.25) is 5.95 Å². The van der Waals surface area contributed by atoms with E-state index >= 15 is 4.39 Å². The van der Waals surface area contributed by atoms with E-state index in [0.717, 1.165) is 12.1 Å². The molecule has 38 heavy (non-hydrogen) atoms. The lowest BCUT2D eigenvalue weighted by Crippen LogP contribution is -2.34. The molecule has 15 heteroatoms. The number of halogens is 4. The minimum Gasteiger partial charge on any atom is -0.378 e. The number of nitrogens with zero attached hydrogens (tertiary/aromatic N) is 3. The zero-order valence-corrected chi connectivity index (χ0v) is 21.6. The fourth-order valence-corrected chi connectivity index (χ4v) is 6.25. The summed E-state index contributed by atoms with van der Waals surface area (Å²) in [5.74, 6) is -3.25. The minimum absolute atomic E-state index is 0.0142. The highest BCUT2D eigenvalue weighted by molar-refractivity contribution is 7.92. The van der Waals surface area contributed by atoms with Crippen molar-refractivity contribution >= 4 is 44.6 Å². The van der Waals surface area contributed by atoms with Crippen molar-refractivity contribution in [2.75, 3.05) is 30.2 Å². The topological polar surface area (TPSA) is 132 Å². The second-order valence-corrected chi connectivity index (χ2v) is 11.2. The minimum atomic E-state index is -4.73. The Balaban J connectivity index is 1.63. The molecule has 0 saturated carbocycles. The number of morpholine rings is 1. The van der Waals surface area contributed by atoms with Gasteiger partial charge in [0.05, 0.1) is 41.2 Å². The van der Waals surface area contributed by atoms with E-state index in [4.69, 9.17) is 22.1 Å². The predicted molar refractivity (Wildman–Crippen MR) is 137 cm³/mol. The molecule has 1 saturated heterocycles. The number of anilines is 2. The predicted octanol–water partition coefficient (Wildman–Crippen LogP) is 4.38. The summed E-state index contributed by atoms with van der Waals surface area (Å²) >= 11 is 7.46. The average molecular weight is 583 g/mol. The fraction of sp³-hybridized carbons (Fsp3) is 0.174. The van der Waals surface area contributed by atoms with E-state index in [9.17, 15) is 17.2 Å². The van der Waals surface area contributed by atoms with Crippen molar-refractivity contribution in [2.45, 2.75) is 10.9 Å². The van der Waals surface area contributed by atoms with Gasteiger partial charge < -0.3 is 15.8 Å². The first-order valence-electron chi connectivity index (χ1n) is 11.0. The van der Waals surface area contributed by atoms with Crippen LogP contribution in [-0.4, -0.2) is 43.1 Å². The molecule has 0 radical (unpaired) electrons. The largest absolute Gasteiger partial charge is 0.378 e. The molecule has 0 amide bonds. The van der Waals surface area contributed by atoms with Gasteiger partial charge in [0.1, 0.15) is 21.5 Å². The van der Waals surface area contributed by atoms with Crippen molar-refractivity contribution in [3.63, 3.8) is 0 Å². The lowest BCUT2D eigenvalue weighted by Gasteiger charge is -2.21. The molecule has 1 aliphatic heterocycles. The first-order valence-corrected chi connectivity index (χ1v) is 13.7. The van der Waals surface area contributed by atoms with Crippen molar-refractivity contribution in [3.8, 4) is 21.8 Å². The first-order chi connectivity index (χ1) is 18.1. The van der Waals surface area contributed by atoms with Gasteiger partial charge in [-0.15, -0.1) is 11.3 Å². The maximum atomic E-state index is 15.9. The molecule has 0 bridgehead atoms. The number of hydrogen-bond donors (Lipinski definition) is 3. The SMILES string of the molecule is Nc1nccc(-c2sc(C3COCCN3)nc2-c2cc(Cl)cc(NS(=O)(=O)c3cc(F)ccc3F)c2F)n1. The fourth-order valence-electron chi connectivity index (χ4n) is 3.78. The molecule has 0 aliphatic carbocycles. The molecule has 1 fully saturated rings. The molecule has 0 spiro atoms. The van der Waals surface area contributed by atoms with E-state index in [1.807, 2.05) is 4.72 Å².